The summed E-state index contributed by atoms with van der Waals surface area (Å²) < 4.78 is 34.9. The van der Waals surface area contributed by atoms with E-state index >= 15 is 0 Å². The van der Waals surface area contributed by atoms with E-state index in [2.05, 4.69) is 4.74 Å². The highest BCUT2D eigenvalue weighted by Gasteiger charge is 2.17. The SMILES string of the molecule is COc1cc(F)cc(SC)c1C(=O)O.COc1cc(F)ccc1C(=O)O. The van der Waals surface area contributed by atoms with E-state index < -0.39 is 23.6 Å². The summed E-state index contributed by atoms with van der Waals surface area (Å²) in [5, 5.41) is 17.5. The number of aromatic carboxylic acids is 2. The minimum Gasteiger partial charge on any atom is -0.496 e. The van der Waals surface area contributed by atoms with Crippen molar-refractivity contribution in [1.29, 1.82) is 0 Å². The molecule has 0 amide bonds. The molecule has 2 aromatic rings. The van der Waals surface area contributed by atoms with Crippen molar-refractivity contribution in [2.75, 3.05) is 20.5 Å². The zero-order valence-electron chi connectivity index (χ0n) is 14.1. The van der Waals surface area contributed by atoms with Gasteiger partial charge in [-0.3, -0.25) is 0 Å². The van der Waals surface area contributed by atoms with E-state index in [-0.39, 0.29) is 22.6 Å². The molecule has 0 aliphatic carbocycles. The summed E-state index contributed by atoms with van der Waals surface area (Å²) in [5.74, 6) is -3.20. The second-order valence-electron chi connectivity index (χ2n) is 4.64. The number of ether oxygens (including phenoxy) is 2. The van der Waals surface area contributed by atoms with E-state index in [1.165, 1.54) is 32.0 Å². The van der Waals surface area contributed by atoms with Gasteiger partial charge in [0, 0.05) is 17.0 Å². The second-order valence-corrected chi connectivity index (χ2v) is 5.49. The van der Waals surface area contributed by atoms with Gasteiger partial charge in [-0.25, -0.2) is 18.4 Å². The maximum atomic E-state index is 13.0. The standard InChI is InChI=1S/C9H9FO3S.C8H7FO3/c1-13-6-3-5(10)4-7(14-2)8(6)9(11)12;1-12-7-4-5(9)2-3-6(7)8(10)11/h3-4H,1-2H3,(H,11,12);2-4H,1H3,(H,10,11). The molecule has 26 heavy (non-hydrogen) atoms. The summed E-state index contributed by atoms with van der Waals surface area (Å²) in [4.78, 5) is 21.7. The number of carbonyl (C=O) groups is 2. The van der Waals surface area contributed by atoms with Gasteiger partial charge in [-0.2, -0.15) is 0 Å². The molecule has 0 spiro atoms. The summed E-state index contributed by atoms with van der Waals surface area (Å²) in [6.45, 7) is 0. The van der Waals surface area contributed by atoms with Crippen LogP contribution in [0.15, 0.2) is 35.2 Å². The van der Waals surface area contributed by atoms with E-state index in [1.807, 2.05) is 0 Å². The lowest BCUT2D eigenvalue weighted by molar-refractivity contribution is 0.0680. The highest BCUT2D eigenvalue weighted by molar-refractivity contribution is 7.98. The summed E-state index contributed by atoms with van der Waals surface area (Å²) >= 11 is 1.17. The van der Waals surface area contributed by atoms with Crippen LogP contribution in [0.1, 0.15) is 20.7 Å². The molecule has 0 saturated heterocycles. The molecule has 0 heterocycles. The number of hydrogen-bond acceptors (Lipinski definition) is 5. The van der Waals surface area contributed by atoms with Crippen LogP contribution in [0.3, 0.4) is 0 Å². The van der Waals surface area contributed by atoms with Crippen molar-refractivity contribution in [3.05, 3.63) is 53.1 Å². The molecule has 0 aromatic heterocycles. The highest BCUT2D eigenvalue weighted by Crippen LogP contribution is 2.30. The zero-order chi connectivity index (χ0) is 19.9. The van der Waals surface area contributed by atoms with E-state index in [9.17, 15) is 18.4 Å². The highest BCUT2D eigenvalue weighted by atomic mass is 32.2. The first kappa shape index (κ1) is 21.2. The summed E-state index contributed by atoms with van der Waals surface area (Å²) in [5.41, 5.74) is -0.0414. The van der Waals surface area contributed by atoms with Gasteiger partial charge in [0.1, 0.15) is 34.3 Å². The molecule has 0 fully saturated rings. The largest absolute Gasteiger partial charge is 0.496 e. The Morgan fingerprint density at radius 3 is 1.96 bits per heavy atom. The van der Waals surface area contributed by atoms with Crippen LogP contribution in [0.25, 0.3) is 0 Å². The first-order valence-electron chi connectivity index (χ1n) is 6.96. The summed E-state index contributed by atoms with van der Waals surface area (Å²) in [6.07, 6.45) is 1.68. The molecule has 0 atom stereocenters. The molecule has 0 bridgehead atoms. The lowest BCUT2D eigenvalue weighted by Gasteiger charge is -2.08. The molecule has 2 aromatic carbocycles. The van der Waals surface area contributed by atoms with Gasteiger partial charge in [0.25, 0.3) is 0 Å². The fourth-order valence-corrected chi connectivity index (χ4v) is 2.55. The van der Waals surface area contributed by atoms with E-state index in [1.54, 1.807) is 6.26 Å². The van der Waals surface area contributed by atoms with Gasteiger partial charge in [-0.05, 0) is 24.5 Å². The van der Waals surface area contributed by atoms with Crippen LogP contribution in [-0.4, -0.2) is 42.6 Å². The number of hydrogen-bond donors (Lipinski definition) is 2. The summed E-state index contributed by atoms with van der Waals surface area (Å²) in [6, 6.07) is 5.51. The molecule has 140 valence electrons. The molecule has 9 heteroatoms. The van der Waals surface area contributed by atoms with Crippen molar-refractivity contribution in [3.8, 4) is 11.5 Å². The maximum absolute atomic E-state index is 13.0. The molecule has 0 radical (unpaired) electrons. The Balaban J connectivity index is 0.000000263. The van der Waals surface area contributed by atoms with Gasteiger partial charge in [-0.1, -0.05) is 0 Å². The van der Waals surface area contributed by atoms with Crippen LogP contribution in [0.4, 0.5) is 8.78 Å². The molecule has 0 aliphatic heterocycles. The lowest BCUT2D eigenvalue weighted by atomic mass is 10.2. The van der Waals surface area contributed by atoms with Gasteiger partial charge in [-0.15, -0.1) is 11.8 Å². The minimum absolute atomic E-state index is 0.00130. The Kier molecular flexibility index (Phi) is 7.85. The zero-order valence-corrected chi connectivity index (χ0v) is 14.9. The van der Waals surface area contributed by atoms with Crippen LogP contribution in [0.5, 0.6) is 11.5 Å². The average Bonchev–Trinajstić information content (AvgIpc) is 2.60. The number of carboxylic acid groups (broad SMARTS) is 2. The van der Waals surface area contributed by atoms with Crippen molar-refractivity contribution >= 4 is 23.7 Å². The van der Waals surface area contributed by atoms with E-state index in [0.29, 0.717) is 4.90 Å². The Hall–Kier alpha value is -2.81. The van der Waals surface area contributed by atoms with Crippen LogP contribution in [0, 0.1) is 11.6 Å². The molecular formula is C17H16F2O6S. The number of rotatable bonds is 5. The third kappa shape index (κ3) is 5.35. The summed E-state index contributed by atoms with van der Waals surface area (Å²) in [7, 11) is 2.60. The minimum atomic E-state index is -1.13. The Morgan fingerprint density at radius 2 is 1.50 bits per heavy atom. The van der Waals surface area contributed by atoms with Gasteiger partial charge in [0.15, 0.2) is 0 Å². The number of halogens is 2. The third-order valence-corrected chi connectivity index (χ3v) is 3.84. The quantitative estimate of drug-likeness (QED) is 0.755. The Morgan fingerprint density at radius 1 is 0.923 bits per heavy atom. The van der Waals surface area contributed by atoms with Gasteiger partial charge in [0.05, 0.1) is 14.2 Å². The number of methoxy groups -OCH3 is 2. The average molecular weight is 386 g/mol. The molecule has 0 saturated carbocycles. The second kappa shape index (κ2) is 9.62. The fraction of sp³-hybridized carbons (Fsp3) is 0.176. The lowest BCUT2D eigenvalue weighted by Crippen LogP contribution is -2.03. The van der Waals surface area contributed by atoms with Crippen molar-refractivity contribution in [2.45, 2.75) is 4.90 Å². The third-order valence-electron chi connectivity index (χ3n) is 3.08. The van der Waals surface area contributed by atoms with Crippen LogP contribution in [-0.2, 0) is 0 Å². The topological polar surface area (TPSA) is 93.1 Å². The van der Waals surface area contributed by atoms with Crippen molar-refractivity contribution in [1.82, 2.24) is 0 Å². The van der Waals surface area contributed by atoms with Crippen molar-refractivity contribution in [2.24, 2.45) is 0 Å². The number of carboxylic acids is 2. The fourth-order valence-electron chi connectivity index (χ4n) is 1.93. The predicted molar refractivity (Wildman–Crippen MR) is 91.6 cm³/mol. The molecular weight excluding hydrogens is 370 g/mol. The monoisotopic (exact) mass is 386 g/mol. The Labute approximate surface area is 152 Å². The Bertz CT molecular complexity index is 785. The molecule has 0 unspecified atom stereocenters. The molecule has 0 aliphatic rings. The van der Waals surface area contributed by atoms with Crippen molar-refractivity contribution < 1.29 is 38.1 Å². The van der Waals surface area contributed by atoms with Crippen LogP contribution in [0.2, 0.25) is 0 Å². The van der Waals surface area contributed by atoms with Gasteiger partial charge in [0.2, 0.25) is 0 Å². The maximum Gasteiger partial charge on any atom is 0.340 e. The molecule has 6 nitrogen and oxygen atoms in total. The number of benzene rings is 2. The van der Waals surface area contributed by atoms with Crippen LogP contribution >= 0.6 is 11.8 Å². The van der Waals surface area contributed by atoms with Crippen molar-refractivity contribution in [3.63, 3.8) is 0 Å². The molecule has 2 rings (SSSR count). The normalized spacial score (nSPS) is 9.73. The van der Waals surface area contributed by atoms with Crippen LogP contribution < -0.4 is 9.47 Å². The van der Waals surface area contributed by atoms with E-state index in [4.69, 9.17) is 14.9 Å². The smallest absolute Gasteiger partial charge is 0.340 e. The first-order chi connectivity index (χ1) is 12.2. The first-order valence-corrected chi connectivity index (χ1v) is 8.19. The predicted octanol–water partition coefficient (Wildman–Crippen LogP) is 3.79. The van der Waals surface area contributed by atoms with Gasteiger partial charge >= 0.3 is 11.9 Å². The van der Waals surface area contributed by atoms with Gasteiger partial charge < -0.3 is 19.7 Å². The number of thioether (sulfide) groups is 1. The van der Waals surface area contributed by atoms with E-state index in [0.717, 1.165) is 24.3 Å². The molecule has 2 N–H and O–H groups in total.